The van der Waals surface area contributed by atoms with Gasteiger partial charge in [-0.2, -0.15) is 0 Å². The number of nitrogens with one attached hydrogen (secondary N) is 1. The van der Waals surface area contributed by atoms with Gasteiger partial charge in [0.15, 0.2) is 0 Å². The molecule has 0 heterocycles. The van der Waals surface area contributed by atoms with Crippen molar-refractivity contribution in [2.24, 2.45) is 11.7 Å². The maximum atomic E-state index is 11.3. The lowest BCUT2D eigenvalue weighted by molar-refractivity contribution is -0.119. The van der Waals surface area contributed by atoms with E-state index in [1.807, 2.05) is 13.8 Å². The molecule has 6 N–H and O–H groups in total. The highest BCUT2D eigenvalue weighted by Gasteiger charge is 2.20. The summed E-state index contributed by atoms with van der Waals surface area (Å²) in [7, 11) is 0. The maximum Gasteiger partial charge on any atom is 0.335 e. The zero-order chi connectivity index (χ0) is 13.9. The molecule has 6 nitrogen and oxygen atoms in total. The van der Waals surface area contributed by atoms with Crippen molar-refractivity contribution in [3.8, 4) is 0 Å². The van der Waals surface area contributed by atoms with Gasteiger partial charge in [0.05, 0.1) is 16.9 Å². The molecule has 1 aromatic carbocycles. The van der Waals surface area contributed by atoms with Crippen molar-refractivity contribution in [1.29, 1.82) is 0 Å². The van der Waals surface area contributed by atoms with Crippen LogP contribution in [0.4, 0.5) is 11.4 Å². The van der Waals surface area contributed by atoms with E-state index in [0.717, 1.165) is 0 Å². The van der Waals surface area contributed by atoms with Crippen molar-refractivity contribution in [2.45, 2.75) is 19.9 Å². The molecule has 0 aliphatic carbocycles. The van der Waals surface area contributed by atoms with Gasteiger partial charge >= 0.3 is 5.97 Å². The van der Waals surface area contributed by atoms with E-state index < -0.39 is 17.9 Å². The first kappa shape index (κ1) is 13.8. The Kier molecular flexibility index (Phi) is 4.14. The molecule has 0 saturated heterocycles. The summed E-state index contributed by atoms with van der Waals surface area (Å²) in [6.45, 7) is 3.67. The molecule has 1 aromatic rings. The molecule has 1 atom stereocenters. The Morgan fingerprint density at radius 1 is 1.33 bits per heavy atom. The molecule has 0 saturated carbocycles. The van der Waals surface area contributed by atoms with E-state index in [1.165, 1.54) is 18.2 Å². The fourth-order valence-electron chi connectivity index (χ4n) is 1.55. The van der Waals surface area contributed by atoms with Crippen LogP contribution in [0.3, 0.4) is 0 Å². The average Bonchev–Trinajstić information content (AvgIpc) is 2.26. The highest BCUT2D eigenvalue weighted by atomic mass is 16.4. The van der Waals surface area contributed by atoms with Crippen LogP contribution in [0, 0.1) is 5.92 Å². The van der Waals surface area contributed by atoms with Crippen LogP contribution in [-0.2, 0) is 4.79 Å². The van der Waals surface area contributed by atoms with Gasteiger partial charge in [-0.25, -0.2) is 4.79 Å². The standard InChI is InChI=1S/C12H17N3O3/c1-6(2)10(11(14)16)15-9-5-7(12(17)18)3-4-8(9)13/h3-6,10,15H,13H2,1-2H3,(H2,14,16)(H,17,18). The van der Waals surface area contributed by atoms with Crippen LogP contribution in [0.1, 0.15) is 24.2 Å². The van der Waals surface area contributed by atoms with Crippen LogP contribution >= 0.6 is 0 Å². The highest BCUT2D eigenvalue weighted by Crippen LogP contribution is 2.22. The Hall–Kier alpha value is -2.24. The van der Waals surface area contributed by atoms with Crippen LogP contribution in [0.15, 0.2) is 18.2 Å². The summed E-state index contributed by atoms with van der Waals surface area (Å²) < 4.78 is 0. The van der Waals surface area contributed by atoms with Gasteiger partial charge in [0.2, 0.25) is 5.91 Å². The van der Waals surface area contributed by atoms with Crippen LogP contribution < -0.4 is 16.8 Å². The van der Waals surface area contributed by atoms with Crippen molar-refractivity contribution in [3.63, 3.8) is 0 Å². The summed E-state index contributed by atoms with van der Waals surface area (Å²) in [4.78, 5) is 22.1. The second kappa shape index (κ2) is 5.39. The van der Waals surface area contributed by atoms with Gasteiger partial charge in [-0.15, -0.1) is 0 Å². The topological polar surface area (TPSA) is 118 Å². The van der Waals surface area contributed by atoms with E-state index in [2.05, 4.69) is 5.32 Å². The number of benzene rings is 1. The number of anilines is 2. The maximum absolute atomic E-state index is 11.3. The summed E-state index contributed by atoms with van der Waals surface area (Å²) in [5, 5.41) is 11.8. The van der Waals surface area contributed by atoms with Crippen molar-refractivity contribution in [3.05, 3.63) is 23.8 Å². The van der Waals surface area contributed by atoms with Crippen LogP contribution in [-0.4, -0.2) is 23.0 Å². The smallest absolute Gasteiger partial charge is 0.335 e. The monoisotopic (exact) mass is 251 g/mol. The number of hydrogen-bond donors (Lipinski definition) is 4. The number of nitrogen functional groups attached to an aromatic ring is 1. The van der Waals surface area contributed by atoms with Crippen molar-refractivity contribution in [1.82, 2.24) is 0 Å². The summed E-state index contributed by atoms with van der Waals surface area (Å²) in [6, 6.07) is 3.66. The van der Waals surface area contributed by atoms with Gasteiger partial charge < -0.3 is 21.9 Å². The Balaban J connectivity index is 3.05. The predicted molar refractivity (Wildman–Crippen MR) is 69.3 cm³/mol. The molecule has 0 bridgehead atoms. The minimum absolute atomic E-state index is 0.0321. The largest absolute Gasteiger partial charge is 0.478 e. The molecule has 0 radical (unpaired) electrons. The SMILES string of the molecule is CC(C)C(Nc1cc(C(=O)O)ccc1N)C(N)=O. The second-order valence-electron chi connectivity index (χ2n) is 4.38. The molecule has 6 heteroatoms. The normalized spacial score (nSPS) is 12.2. The van der Waals surface area contributed by atoms with Crippen molar-refractivity contribution >= 4 is 23.3 Å². The first-order valence-electron chi connectivity index (χ1n) is 5.51. The summed E-state index contributed by atoms with van der Waals surface area (Å²) >= 11 is 0. The molecule has 0 aliphatic rings. The lowest BCUT2D eigenvalue weighted by Gasteiger charge is -2.21. The number of hydrogen-bond acceptors (Lipinski definition) is 4. The molecular weight excluding hydrogens is 234 g/mol. The fourth-order valence-corrected chi connectivity index (χ4v) is 1.55. The van der Waals surface area contributed by atoms with Gasteiger partial charge in [0.1, 0.15) is 6.04 Å². The first-order chi connectivity index (χ1) is 8.32. The zero-order valence-electron chi connectivity index (χ0n) is 10.3. The van der Waals surface area contributed by atoms with Gasteiger partial charge in [-0.3, -0.25) is 4.79 Å². The van der Waals surface area contributed by atoms with E-state index in [0.29, 0.717) is 11.4 Å². The molecular formula is C12H17N3O3. The minimum Gasteiger partial charge on any atom is -0.478 e. The van der Waals surface area contributed by atoms with E-state index in [4.69, 9.17) is 16.6 Å². The number of carbonyl (C=O) groups excluding carboxylic acids is 1. The molecule has 1 unspecified atom stereocenters. The Morgan fingerprint density at radius 3 is 2.39 bits per heavy atom. The third-order valence-corrected chi connectivity index (χ3v) is 2.58. The van der Waals surface area contributed by atoms with Crippen molar-refractivity contribution < 1.29 is 14.7 Å². The number of carboxylic acid groups (broad SMARTS) is 1. The summed E-state index contributed by atoms with van der Waals surface area (Å²) in [5.41, 5.74) is 11.9. The number of aromatic carboxylic acids is 1. The number of carbonyl (C=O) groups is 2. The molecule has 18 heavy (non-hydrogen) atoms. The number of rotatable bonds is 5. The van der Waals surface area contributed by atoms with Gasteiger partial charge in [0, 0.05) is 0 Å². The molecule has 0 fully saturated rings. The molecule has 98 valence electrons. The van der Waals surface area contributed by atoms with Gasteiger partial charge in [-0.1, -0.05) is 13.8 Å². The third kappa shape index (κ3) is 3.13. The van der Waals surface area contributed by atoms with Gasteiger partial charge in [-0.05, 0) is 24.1 Å². The highest BCUT2D eigenvalue weighted by molar-refractivity contribution is 5.91. The summed E-state index contributed by atoms with van der Waals surface area (Å²) in [5.74, 6) is -1.60. The quantitative estimate of drug-likeness (QED) is 0.579. The lowest BCUT2D eigenvalue weighted by Crippen LogP contribution is -2.39. The van der Waals surface area contributed by atoms with Crippen LogP contribution in [0.25, 0.3) is 0 Å². The second-order valence-corrected chi connectivity index (χ2v) is 4.38. The molecule has 0 aromatic heterocycles. The zero-order valence-corrected chi connectivity index (χ0v) is 10.3. The van der Waals surface area contributed by atoms with Gasteiger partial charge in [0.25, 0.3) is 0 Å². The Bertz CT molecular complexity index is 472. The fraction of sp³-hybridized carbons (Fsp3) is 0.333. The molecule has 0 spiro atoms. The number of nitrogens with two attached hydrogens (primary N) is 2. The first-order valence-corrected chi connectivity index (χ1v) is 5.51. The average molecular weight is 251 g/mol. The summed E-state index contributed by atoms with van der Waals surface area (Å²) in [6.07, 6.45) is 0. The number of primary amides is 1. The predicted octanol–water partition coefficient (Wildman–Crippen LogP) is 0.889. The number of amides is 1. The van der Waals surface area contributed by atoms with Crippen LogP contribution in [0.5, 0.6) is 0 Å². The lowest BCUT2D eigenvalue weighted by atomic mass is 10.0. The Morgan fingerprint density at radius 2 is 1.94 bits per heavy atom. The van der Waals surface area contributed by atoms with E-state index >= 15 is 0 Å². The van der Waals surface area contributed by atoms with Crippen molar-refractivity contribution in [2.75, 3.05) is 11.1 Å². The number of carboxylic acids is 1. The van der Waals surface area contributed by atoms with E-state index in [9.17, 15) is 9.59 Å². The Labute approximate surface area is 105 Å². The molecule has 0 aliphatic heterocycles. The van der Waals surface area contributed by atoms with Crippen LogP contribution in [0.2, 0.25) is 0 Å². The third-order valence-electron chi connectivity index (χ3n) is 2.58. The molecule has 1 rings (SSSR count). The van der Waals surface area contributed by atoms with E-state index in [1.54, 1.807) is 0 Å². The van der Waals surface area contributed by atoms with E-state index in [-0.39, 0.29) is 11.5 Å². The minimum atomic E-state index is -1.06. The molecule has 1 amide bonds.